The minimum atomic E-state index is -0.415. The second-order valence-electron chi connectivity index (χ2n) is 8.86. The predicted octanol–water partition coefficient (Wildman–Crippen LogP) is 6.51. The lowest BCUT2D eigenvalue weighted by atomic mass is 9.70. The number of alkyl halides is 1. The topological polar surface area (TPSA) is 18.5 Å². The molecule has 0 aromatic rings. The van der Waals surface area contributed by atoms with E-state index in [1.807, 2.05) is 0 Å². The van der Waals surface area contributed by atoms with Gasteiger partial charge >= 0.3 is 0 Å². The number of halogens is 1. The molecule has 0 saturated carbocycles. The Balaban J connectivity index is 1.72. The summed E-state index contributed by atoms with van der Waals surface area (Å²) in [5.41, 5.74) is 5.13. The summed E-state index contributed by atoms with van der Waals surface area (Å²) in [5.74, 6) is 2.98. The Morgan fingerprint density at radius 3 is 2.48 bits per heavy atom. The molecule has 4 unspecified atom stereocenters. The van der Waals surface area contributed by atoms with Crippen LogP contribution in [0.3, 0.4) is 0 Å². The predicted molar refractivity (Wildman–Crippen MR) is 112 cm³/mol. The fourth-order valence-electron chi connectivity index (χ4n) is 4.95. The number of hydrogen-bond acceptors (Lipinski definition) is 2. The van der Waals surface area contributed by atoms with Crippen LogP contribution in [0.2, 0.25) is 0 Å². The number of allylic oxidation sites excluding steroid dienone is 4. The lowest BCUT2D eigenvalue weighted by Gasteiger charge is -2.36. The molecule has 0 aromatic heterocycles. The van der Waals surface area contributed by atoms with Gasteiger partial charge in [-0.15, -0.1) is 0 Å². The van der Waals surface area contributed by atoms with Crippen LogP contribution in [0.25, 0.3) is 0 Å². The largest absolute Gasteiger partial charge is 0.379 e. The average Bonchev–Trinajstić information content (AvgIpc) is 2.64. The zero-order chi connectivity index (χ0) is 19.6. The van der Waals surface area contributed by atoms with E-state index in [1.54, 1.807) is 16.7 Å². The van der Waals surface area contributed by atoms with E-state index >= 15 is 0 Å². The Hall–Kier alpha value is -0.670. The van der Waals surface area contributed by atoms with Gasteiger partial charge in [0.05, 0.1) is 19.8 Å². The molecule has 4 atom stereocenters. The SMILES string of the molecule is CC1=C(C2CCC(C(C)CCCOCCOCCF)=CC2C)CCC(C)C1. The van der Waals surface area contributed by atoms with Crippen LogP contribution in [0.5, 0.6) is 0 Å². The quantitative estimate of drug-likeness (QED) is 0.300. The van der Waals surface area contributed by atoms with Gasteiger partial charge in [0.15, 0.2) is 0 Å². The van der Waals surface area contributed by atoms with E-state index in [4.69, 9.17) is 9.47 Å². The summed E-state index contributed by atoms with van der Waals surface area (Å²) in [6.07, 6.45) is 11.5. The summed E-state index contributed by atoms with van der Waals surface area (Å²) < 4.78 is 22.6. The van der Waals surface area contributed by atoms with Gasteiger partial charge in [-0.1, -0.05) is 43.6 Å². The summed E-state index contributed by atoms with van der Waals surface area (Å²) >= 11 is 0. The van der Waals surface area contributed by atoms with Crippen molar-refractivity contribution in [3.63, 3.8) is 0 Å². The van der Waals surface area contributed by atoms with Crippen LogP contribution >= 0.6 is 0 Å². The minimum absolute atomic E-state index is 0.184. The van der Waals surface area contributed by atoms with Crippen LogP contribution in [0, 0.1) is 23.7 Å². The van der Waals surface area contributed by atoms with Crippen molar-refractivity contribution in [1.82, 2.24) is 0 Å². The van der Waals surface area contributed by atoms with Gasteiger partial charge in [0.2, 0.25) is 0 Å². The molecule has 0 saturated heterocycles. The molecule has 2 aliphatic rings. The highest BCUT2D eigenvalue weighted by atomic mass is 19.1. The Morgan fingerprint density at radius 1 is 1.07 bits per heavy atom. The first-order valence-electron chi connectivity index (χ1n) is 11.1. The maximum atomic E-state index is 11.9. The lowest BCUT2D eigenvalue weighted by molar-refractivity contribution is 0.0410. The maximum absolute atomic E-state index is 11.9. The molecule has 0 fully saturated rings. The highest BCUT2D eigenvalue weighted by Gasteiger charge is 2.29. The zero-order valence-corrected chi connectivity index (χ0v) is 18.1. The van der Waals surface area contributed by atoms with Crippen molar-refractivity contribution in [3.8, 4) is 0 Å². The van der Waals surface area contributed by atoms with Gasteiger partial charge in [-0.25, -0.2) is 4.39 Å². The van der Waals surface area contributed by atoms with Crippen LogP contribution in [0.4, 0.5) is 4.39 Å². The van der Waals surface area contributed by atoms with Crippen molar-refractivity contribution in [2.24, 2.45) is 23.7 Å². The third kappa shape index (κ3) is 7.34. The highest BCUT2D eigenvalue weighted by molar-refractivity contribution is 5.24. The maximum Gasteiger partial charge on any atom is 0.113 e. The summed E-state index contributed by atoms with van der Waals surface area (Å²) in [7, 11) is 0. The Bertz CT molecular complexity index is 497. The van der Waals surface area contributed by atoms with Crippen molar-refractivity contribution in [2.45, 2.75) is 72.6 Å². The smallest absolute Gasteiger partial charge is 0.113 e. The zero-order valence-electron chi connectivity index (χ0n) is 18.1. The van der Waals surface area contributed by atoms with Crippen molar-refractivity contribution in [2.75, 3.05) is 33.1 Å². The van der Waals surface area contributed by atoms with E-state index < -0.39 is 6.67 Å². The number of rotatable bonds is 11. The first-order valence-corrected chi connectivity index (χ1v) is 11.1. The molecule has 3 heteroatoms. The third-order valence-electron chi connectivity index (χ3n) is 6.56. The standard InChI is InChI=1S/C24H41FO2/c1-18-7-9-23(20(3)16-18)24-10-8-22(17-21(24)4)19(2)6-5-12-26-14-15-27-13-11-25/h17-19,21,24H,5-16H2,1-4H3. The van der Waals surface area contributed by atoms with Gasteiger partial charge in [0.25, 0.3) is 0 Å². The third-order valence-corrected chi connectivity index (χ3v) is 6.56. The lowest BCUT2D eigenvalue weighted by Crippen LogP contribution is -2.23. The van der Waals surface area contributed by atoms with Gasteiger partial charge < -0.3 is 9.47 Å². The molecule has 2 rings (SSSR count). The Kier molecular flexibility index (Phi) is 10.1. The van der Waals surface area contributed by atoms with E-state index in [2.05, 4.69) is 33.8 Å². The van der Waals surface area contributed by atoms with Crippen molar-refractivity contribution in [3.05, 3.63) is 22.8 Å². The van der Waals surface area contributed by atoms with Gasteiger partial charge in [0.1, 0.15) is 6.67 Å². The fourth-order valence-corrected chi connectivity index (χ4v) is 4.95. The summed E-state index contributed by atoms with van der Waals surface area (Å²) in [6.45, 7) is 11.2. The Morgan fingerprint density at radius 2 is 1.81 bits per heavy atom. The fraction of sp³-hybridized carbons (Fsp3) is 0.833. The first-order chi connectivity index (χ1) is 13.0. The van der Waals surface area contributed by atoms with Gasteiger partial charge in [-0.2, -0.15) is 0 Å². The molecule has 0 amide bonds. The molecular weight excluding hydrogens is 339 g/mol. The molecule has 0 bridgehead atoms. The van der Waals surface area contributed by atoms with Crippen LogP contribution in [0.1, 0.15) is 72.6 Å². The van der Waals surface area contributed by atoms with E-state index in [1.165, 1.54) is 38.5 Å². The van der Waals surface area contributed by atoms with Crippen molar-refractivity contribution in [1.29, 1.82) is 0 Å². The molecule has 156 valence electrons. The van der Waals surface area contributed by atoms with Crippen molar-refractivity contribution < 1.29 is 13.9 Å². The molecule has 0 spiro atoms. The van der Waals surface area contributed by atoms with E-state index in [9.17, 15) is 4.39 Å². The minimum Gasteiger partial charge on any atom is -0.379 e. The van der Waals surface area contributed by atoms with E-state index in [-0.39, 0.29) is 6.61 Å². The molecular formula is C24H41FO2. The molecule has 0 radical (unpaired) electrons. The number of ether oxygens (including phenoxy) is 2. The monoisotopic (exact) mass is 380 g/mol. The summed E-state index contributed by atoms with van der Waals surface area (Å²) in [5, 5.41) is 0. The molecule has 0 N–H and O–H groups in total. The average molecular weight is 381 g/mol. The van der Waals surface area contributed by atoms with Crippen LogP contribution in [-0.4, -0.2) is 33.1 Å². The molecule has 0 aromatic carbocycles. The number of hydrogen-bond donors (Lipinski definition) is 0. The summed E-state index contributed by atoms with van der Waals surface area (Å²) in [6, 6.07) is 0. The second-order valence-corrected chi connectivity index (χ2v) is 8.86. The van der Waals surface area contributed by atoms with Gasteiger partial charge in [0, 0.05) is 6.61 Å². The summed E-state index contributed by atoms with van der Waals surface area (Å²) in [4.78, 5) is 0. The second kappa shape index (κ2) is 12.0. The van der Waals surface area contributed by atoms with Crippen LogP contribution in [-0.2, 0) is 9.47 Å². The van der Waals surface area contributed by atoms with E-state index in [0.29, 0.717) is 25.0 Å². The van der Waals surface area contributed by atoms with Crippen LogP contribution in [0.15, 0.2) is 22.8 Å². The Labute approximate surface area is 166 Å². The molecule has 2 aliphatic carbocycles. The van der Waals surface area contributed by atoms with Gasteiger partial charge in [-0.05, 0) is 75.5 Å². The van der Waals surface area contributed by atoms with Gasteiger partial charge in [-0.3, -0.25) is 0 Å². The molecule has 2 nitrogen and oxygen atoms in total. The van der Waals surface area contributed by atoms with Crippen molar-refractivity contribution >= 4 is 0 Å². The molecule has 27 heavy (non-hydrogen) atoms. The van der Waals surface area contributed by atoms with Crippen LogP contribution < -0.4 is 0 Å². The highest BCUT2D eigenvalue weighted by Crippen LogP contribution is 2.42. The molecule has 0 aliphatic heterocycles. The molecule has 0 heterocycles. The normalized spacial score (nSPS) is 27.6. The first kappa shape index (κ1) is 22.6. The van der Waals surface area contributed by atoms with E-state index in [0.717, 1.165) is 24.9 Å².